The topological polar surface area (TPSA) is 109 Å². The number of hydrogen-bond donors (Lipinski definition) is 3. The molecule has 0 bridgehead atoms. The monoisotopic (exact) mass is 468 g/mol. The molecule has 3 aromatic carbocycles. The van der Waals surface area contributed by atoms with E-state index in [4.69, 9.17) is 16.3 Å². The highest BCUT2D eigenvalue weighted by Gasteiger charge is 2.12. The lowest BCUT2D eigenvalue weighted by atomic mass is 10.2. The van der Waals surface area contributed by atoms with E-state index in [1.807, 2.05) is 0 Å². The summed E-state index contributed by atoms with van der Waals surface area (Å²) in [4.78, 5) is 35.7. The van der Waals surface area contributed by atoms with Gasteiger partial charge in [-0.1, -0.05) is 35.9 Å². The van der Waals surface area contributed by atoms with Crippen LogP contribution in [0.25, 0.3) is 0 Å². The number of hydrazone groups is 1. The molecule has 0 aliphatic heterocycles. The molecule has 3 N–H and O–H groups in total. The van der Waals surface area contributed by atoms with Crippen molar-refractivity contribution in [2.45, 2.75) is 0 Å². The minimum absolute atomic E-state index is 0.244. The van der Waals surface area contributed by atoms with Crippen LogP contribution in [0.15, 0.2) is 77.9 Å². The number of nitrogens with zero attached hydrogens (tertiary/aromatic N) is 1. The zero-order valence-electron chi connectivity index (χ0n) is 17.0. The fourth-order valence-electron chi connectivity index (χ4n) is 2.52. The first-order valence-corrected chi connectivity index (χ1v) is 9.96. The van der Waals surface area contributed by atoms with E-state index in [1.165, 1.54) is 18.3 Å². The number of ether oxygens (including phenoxy) is 1. The molecule has 10 heteroatoms. The van der Waals surface area contributed by atoms with E-state index in [-0.39, 0.29) is 18.2 Å². The Labute approximate surface area is 193 Å². The number of nitrogens with one attached hydrogen (secondary N) is 3. The van der Waals surface area contributed by atoms with Crippen LogP contribution >= 0.6 is 11.6 Å². The Morgan fingerprint density at radius 1 is 0.939 bits per heavy atom. The molecular formula is C23H18ClFN4O4. The van der Waals surface area contributed by atoms with E-state index in [0.717, 1.165) is 12.1 Å². The molecule has 3 rings (SSSR count). The van der Waals surface area contributed by atoms with E-state index in [9.17, 15) is 18.8 Å². The molecule has 0 aromatic heterocycles. The summed E-state index contributed by atoms with van der Waals surface area (Å²) < 4.78 is 18.4. The molecular weight excluding hydrogens is 451 g/mol. The van der Waals surface area contributed by atoms with Gasteiger partial charge in [-0.05, 0) is 54.1 Å². The molecule has 0 fully saturated rings. The predicted octanol–water partition coefficient (Wildman–Crippen LogP) is 3.59. The third-order valence-electron chi connectivity index (χ3n) is 4.06. The second kappa shape index (κ2) is 11.4. The van der Waals surface area contributed by atoms with Crippen LogP contribution in [0.3, 0.4) is 0 Å². The highest BCUT2D eigenvalue weighted by Crippen LogP contribution is 2.20. The molecule has 3 aromatic rings. The van der Waals surface area contributed by atoms with Crippen molar-refractivity contribution in [2.75, 3.05) is 17.2 Å². The SMILES string of the molecule is O=C(COc1cccc(/C=N\NC(=O)C(=O)Nc2ccc(F)cc2)c1)Nc1ccccc1Cl. The lowest BCUT2D eigenvalue weighted by Gasteiger charge is -2.09. The molecule has 8 nitrogen and oxygen atoms in total. The molecule has 0 aliphatic carbocycles. The number of rotatable bonds is 7. The highest BCUT2D eigenvalue weighted by atomic mass is 35.5. The van der Waals surface area contributed by atoms with Gasteiger partial charge in [-0.25, -0.2) is 9.82 Å². The molecule has 0 aliphatic rings. The molecule has 168 valence electrons. The first-order valence-electron chi connectivity index (χ1n) is 9.58. The molecule has 0 saturated carbocycles. The van der Waals surface area contributed by atoms with E-state index in [0.29, 0.717) is 22.0 Å². The third-order valence-corrected chi connectivity index (χ3v) is 4.39. The summed E-state index contributed by atoms with van der Waals surface area (Å²) in [6.45, 7) is -0.244. The van der Waals surface area contributed by atoms with Crippen LogP contribution in [-0.4, -0.2) is 30.5 Å². The van der Waals surface area contributed by atoms with Gasteiger partial charge in [0.15, 0.2) is 6.61 Å². The Kier molecular flexibility index (Phi) is 8.09. The maximum Gasteiger partial charge on any atom is 0.329 e. The summed E-state index contributed by atoms with van der Waals surface area (Å²) in [5.41, 5.74) is 3.39. The van der Waals surface area contributed by atoms with E-state index >= 15 is 0 Å². The van der Waals surface area contributed by atoms with Crippen LogP contribution in [0.4, 0.5) is 15.8 Å². The zero-order chi connectivity index (χ0) is 23.6. The van der Waals surface area contributed by atoms with Gasteiger partial charge in [-0.3, -0.25) is 14.4 Å². The van der Waals surface area contributed by atoms with Crippen molar-refractivity contribution in [1.82, 2.24) is 5.43 Å². The molecule has 33 heavy (non-hydrogen) atoms. The van der Waals surface area contributed by atoms with Crippen molar-refractivity contribution in [2.24, 2.45) is 5.10 Å². The molecule has 3 amide bonds. The first-order chi connectivity index (χ1) is 15.9. The van der Waals surface area contributed by atoms with Gasteiger partial charge in [0.25, 0.3) is 5.91 Å². The van der Waals surface area contributed by atoms with Gasteiger partial charge in [0.2, 0.25) is 0 Å². The molecule has 0 atom stereocenters. The molecule has 0 unspecified atom stereocenters. The van der Waals surface area contributed by atoms with Gasteiger partial charge in [0, 0.05) is 5.69 Å². The van der Waals surface area contributed by atoms with E-state index in [2.05, 4.69) is 21.2 Å². The smallest absolute Gasteiger partial charge is 0.329 e. The predicted molar refractivity (Wildman–Crippen MR) is 123 cm³/mol. The number of carbonyl (C=O) groups excluding carboxylic acids is 3. The number of para-hydroxylation sites is 1. The Morgan fingerprint density at radius 2 is 1.70 bits per heavy atom. The Hall–Kier alpha value is -4.24. The second-order valence-electron chi connectivity index (χ2n) is 6.55. The maximum absolute atomic E-state index is 12.9. The maximum atomic E-state index is 12.9. The summed E-state index contributed by atoms with van der Waals surface area (Å²) in [6.07, 6.45) is 1.31. The lowest BCUT2D eigenvalue weighted by Crippen LogP contribution is -2.32. The third kappa shape index (κ3) is 7.44. The quantitative estimate of drug-likeness (QED) is 0.280. The van der Waals surface area contributed by atoms with Crippen molar-refractivity contribution < 1.29 is 23.5 Å². The van der Waals surface area contributed by atoms with Crippen molar-refractivity contribution in [3.63, 3.8) is 0 Å². The van der Waals surface area contributed by atoms with Gasteiger partial charge in [-0.15, -0.1) is 0 Å². The Balaban J connectivity index is 1.48. The molecule has 0 saturated heterocycles. The van der Waals surface area contributed by atoms with Crippen LogP contribution < -0.4 is 20.8 Å². The largest absolute Gasteiger partial charge is 0.484 e. The number of carbonyl (C=O) groups is 3. The standard InChI is InChI=1S/C23H18ClFN4O4/c24-19-6-1-2-7-20(19)28-21(30)14-33-18-5-3-4-15(12-18)13-26-29-23(32)22(31)27-17-10-8-16(25)9-11-17/h1-13H,14H2,(H,27,31)(H,28,30)(H,29,32)/b26-13-. The van der Waals surface area contributed by atoms with Gasteiger partial charge >= 0.3 is 11.8 Å². The van der Waals surface area contributed by atoms with Gasteiger partial charge in [-0.2, -0.15) is 5.10 Å². The van der Waals surface area contributed by atoms with Crippen molar-refractivity contribution in [1.29, 1.82) is 0 Å². The summed E-state index contributed by atoms with van der Waals surface area (Å²) in [6, 6.07) is 18.4. The van der Waals surface area contributed by atoms with Crippen molar-refractivity contribution in [3.05, 3.63) is 89.2 Å². The summed E-state index contributed by atoms with van der Waals surface area (Å²) in [7, 11) is 0. The summed E-state index contributed by atoms with van der Waals surface area (Å²) in [5.74, 6) is -2.41. The number of hydrogen-bond acceptors (Lipinski definition) is 5. The number of anilines is 2. The Bertz CT molecular complexity index is 1190. The van der Waals surface area contributed by atoms with Crippen LogP contribution in [0.2, 0.25) is 5.02 Å². The number of halogens is 2. The Morgan fingerprint density at radius 3 is 2.45 bits per heavy atom. The first kappa shape index (κ1) is 23.4. The fraction of sp³-hybridized carbons (Fsp3) is 0.0435. The second-order valence-corrected chi connectivity index (χ2v) is 6.96. The zero-order valence-corrected chi connectivity index (χ0v) is 17.8. The van der Waals surface area contributed by atoms with Gasteiger partial charge in [0.05, 0.1) is 16.9 Å². The van der Waals surface area contributed by atoms with Gasteiger partial charge in [0.1, 0.15) is 11.6 Å². The minimum Gasteiger partial charge on any atom is -0.484 e. The molecule has 0 heterocycles. The van der Waals surface area contributed by atoms with Crippen LogP contribution in [0.1, 0.15) is 5.56 Å². The highest BCUT2D eigenvalue weighted by molar-refractivity contribution is 6.39. The van der Waals surface area contributed by atoms with Crippen LogP contribution in [0.5, 0.6) is 5.75 Å². The minimum atomic E-state index is -1.00. The van der Waals surface area contributed by atoms with Crippen LogP contribution in [-0.2, 0) is 14.4 Å². The molecule has 0 radical (unpaired) electrons. The van der Waals surface area contributed by atoms with Crippen molar-refractivity contribution in [3.8, 4) is 5.75 Å². The average molecular weight is 469 g/mol. The van der Waals surface area contributed by atoms with Gasteiger partial charge < -0.3 is 15.4 Å². The summed E-state index contributed by atoms with van der Waals surface area (Å²) >= 11 is 6.00. The normalized spacial score (nSPS) is 10.5. The lowest BCUT2D eigenvalue weighted by molar-refractivity contribution is -0.136. The fourth-order valence-corrected chi connectivity index (χ4v) is 2.70. The van der Waals surface area contributed by atoms with E-state index in [1.54, 1.807) is 48.5 Å². The summed E-state index contributed by atoms with van der Waals surface area (Å²) in [5, 5.41) is 9.10. The number of benzene rings is 3. The van der Waals surface area contributed by atoms with E-state index < -0.39 is 17.6 Å². The molecule has 0 spiro atoms. The van der Waals surface area contributed by atoms with Crippen molar-refractivity contribution >= 4 is 46.9 Å². The average Bonchev–Trinajstić information content (AvgIpc) is 2.81. The van der Waals surface area contributed by atoms with Crippen LogP contribution in [0, 0.1) is 5.82 Å². The number of amides is 3.